The summed E-state index contributed by atoms with van der Waals surface area (Å²) in [6, 6.07) is 0. The normalized spacial score (nSPS) is 25.2. The number of carbonyl (C=O) groups is 1. The third-order valence-corrected chi connectivity index (χ3v) is 3.37. The molecule has 1 aromatic rings. The second-order valence-corrected chi connectivity index (χ2v) is 4.63. The van der Waals surface area contributed by atoms with Crippen LogP contribution in [0.5, 0.6) is 0 Å². The summed E-state index contributed by atoms with van der Waals surface area (Å²) < 4.78 is 10.6. The van der Waals surface area contributed by atoms with Gasteiger partial charge >= 0.3 is 5.97 Å². The van der Waals surface area contributed by atoms with E-state index in [0.717, 1.165) is 6.42 Å². The van der Waals surface area contributed by atoms with Gasteiger partial charge in [0.2, 0.25) is 5.89 Å². The average molecular weight is 254 g/mol. The number of hydrogen-bond donors (Lipinski definition) is 1. The Morgan fingerprint density at radius 2 is 2.39 bits per heavy atom. The van der Waals surface area contributed by atoms with Crippen LogP contribution < -0.4 is 0 Å². The second-order valence-electron chi connectivity index (χ2n) is 4.63. The molecule has 0 saturated heterocycles. The smallest absolute Gasteiger partial charge is 0.306 e. The van der Waals surface area contributed by atoms with Gasteiger partial charge in [0.1, 0.15) is 6.10 Å². The molecule has 2 rings (SSSR count). The van der Waals surface area contributed by atoms with E-state index in [9.17, 15) is 4.79 Å². The molecule has 1 saturated carbocycles. The van der Waals surface area contributed by atoms with Crippen molar-refractivity contribution in [2.75, 3.05) is 6.61 Å². The summed E-state index contributed by atoms with van der Waals surface area (Å²) in [6.45, 7) is 4.37. The van der Waals surface area contributed by atoms with Gasteiger partial charge in [0.05, 0.1) is 5.92 Å². The summed E-state index contributed by atoms with van der Waals surface area (Å²) in [7, 11) is 0. The van der Waals surface area contributed by atoms with Crippen LogP contribution in [-0.2, 0) is 9.53 Å². The van der Waals surface area contributed by atoms with E-state index in [2.05, 4.69) is 10.1 Å². The largest absolute Gasteiger partial charge is 0.481 e. The van der Waals surface area contributed by atoms with Gasteiger partial charge in [0.15, 0.2) is 5.82 Å². The summed E-state index contributed by atoms with van der Waals surface area (Å²) in [6.07, 6.45) is 1.87. The molecule has 0 radical (unpaired) electrons. The molecule has 1 aliphatic rings. The molecule has 3 unspecified atom stereocenters. The highest BCUT2D eigenvalue weighted by atomic mass is 16.5. The molecule has 0 spiro atoms. The Labute approximate surface area is 105 Å². The molecule has 0 amide bonds. The molecule has 6 nitrogen and oxygen atoms in total. The van der Waals surface area contributed by atoms with Gasteiger partial charge in [-0.2, -0.15) is 4.98 Å². The van der Waals surface area contributed by atoms with Gasteiger partial charge in [-0.05, 0) is 33.1 Å². The van der Waals surface area contributed by atoms with Crippen LogP contribution in [0.4, 0.5) is 0 Å². The minimum absolute atomic E-state index is 0.0705. The molecule has 1 N–H and O–H groups in total. The first-order chi connectivity index (χ1) is 8.61. The van der Waals surface area contributed by atoms with Crippen molar-refractivity contribution in [1.82, 2.24) is 10.1 Å². The Kier molecular flexibility index (Phi) is 3.96. The second kappa shape index (κ2) is 5.48. The minimum Gasteiger partial charge on any atom is -0.481 e. The molecule has 3 atom stereocenters. The van der Waals surface area contributed by atoms with Crippen molar-refractivity contribution in [2.45, 2.75) is 45.1 Å². The van der Waals surface area contributed by atoms with Gasteiger partial charge in [-0.1, -0.05) is 5.16 Å². The summed E-state index contributed by atoms with van der Waals surface area (Å²) in [5, 5.41) is 12.8. The number of aliphatic carboxylic acids is 1. The monoisotopic (exact) mass is 254 g/mol. The number of hydrogen-bond acceptors (Lipinski definition) is 5. The Bertz CT molecular complexity index is 418. The first-order valence-electron chi connectivity index (χ1n) is 6.29. The van der Waals surface area contributed by atoms with Crippen LogP contribution in [0.3, 0.4) is 0 Å². The van der Waals surface area contributed by atoms with Crippen molar-refractivity contribution >= 4 is 5.97 Å². The molecule has 1 aliphatic carbocycles. The zero-order valence-electron chi connectivity index (χ0n) is 10.6. The predicted octanol–water partition coefficient (Wildman–Crippen LogP) is 2.14. The molecule has 6 heteroatoms. The fraction of sp³-hybridized carbons (Fsp3) is 0.750. The fourth-order valence-electron chi connectivity index (χ4n) is 2.33. The van der Waals surface area contributed by atoms with Crippen molar-refractivity contribution in [2.24, 2.45) is 5.92 Å². The Hall–Kier alpha value is -1.43. The number of carboxylic acids is 1. The zero-order chi connectivity index (χ0) is 13.1. The first-order valence-corrected chi connectivity index (χ1v) is 6.29. The molecular formula is C12H18N2O4. The van der Waals surface area contributed by atoms with E-state index in [-0.39, 0.29) is 17.9 Å². The molecule has 0 aliphatic heterocycles. The third kappa shape index (κ3) is 2.69. The molecular weight excluding hydrogens is 236 g/mol. The quantitative estimate of drug-likeness (QED) is 0.866. The molecule has 18 heavy (non-hydrogen) atoms. The summed E-state index contributed by atoms with van der Waals surface area (Å²) >= 11 is 0. The van der Waals surface area contributed by atoms with Gasteiger partial charge in [-0.3, -0.25) is 4.79 Å². The van der Waals surface area contributed by atoms with Crippen molar-refractivity contribution < 1.29 is 19.2 Å². The molecule has 100 valence electrons. The van der Waals surface area contributed by atoms with Crippen LogP contribution in [0.25, 0.3) is 0 Å². The molecule has 1 fully saturated rings. The Morgan fingerprint density at radius 1 is 1.61 bits per heavy atom. The minimum atomic E-state index is -0.736. The molecule has 0 bridgehead atoms. The Balaban J connectivity index is 2.00. The van der Waals surface area contributed by atoms with Crippen LogP contribution >= 0.6 is 0 Å². The van der Waals surface area contributed by atoms with Gasteiger partial charge in [0.25, 0.3) is 0 Å². The van der Waals surface area contributed by atoms with Crippen LogP contribution in [0.15, 0.2) is 4.52 Å². The summed E-state index contributed by atoms with van der Waals surface area (Å²) in [5.41, 5.74) is 0. The highest BCUT2D eigenvalue weighted by molar-refractivity contribution is 5.70. The van der Waals surface area contributed by atoms with Crippen molar-refractivity contribution in [3.05, 3.63) is 11.7 Å². The van der Waals surface area contributed by atoms with Gasteiger partial charge in [0, 0.05) is 12.5 Å². The van der Waals surface area contributed by atoms with E-state index in [4.69, 9.17) is 14.4 Å². The van der Waals surface area contributed by atoms with E-state index in [1.807, 2.05) is 13.8 Å². The van der Waals surface area contributed by atoms with Crippen molar-refractivity contribution in [3.8, 4) is 0 Å². The maximum absolute atomic E-state index is 10.9. The van der Waals surface area contributed by atoms with Crippen molar-refractivity contribution in [3.63, 3.8) is 0 Å². The standard InChI is InChI=1S/C12H18N2O4/c1-3-17-7(2)10-13-11(18-14-10)8-4-5-9(6-8)12(15)16/h7-9H,3-6H2,1-2H3,(H,15,16). The van der Waals surface area contributed by atoms with E-state index < -0.39 is 5.97 Å². The Morgan fingerprint density at radius 3 is 3.00 bits per heavy atom. The summed E-state index contributed by atoms with van der Waals surface area (Å²) in [4.78, 5) is 15.2. The predicted molar refractivity (Wildman–Crippen MR) is 62.1 cm³/mol. The number of ether oxygens (including phenoxy) is 1. The van der Waals surface area contributed by atoms with Gasteiger partial charge in [-0.25, -0.2) is 0 Å². The van der Waals surface area contributed by atoms with Gasteiger partial charge in [-0.15, -0.1) is 0 Å². The van der Waals surface area contributed by atoms with Gasteiger partial charge < -0.3 is 14.4 Å². The zero-order valence-corrected chi connectivity index (χ0v) is 10.6. The lowest BCUT2D eigenvalue weighted by atomic mass is 10.1. The SMILES string of the molecule is CCOC(C)c1noc(C2CCC(C(=O)O)C2)n1. The van der Waals surface area contributed by atoms with Crippen LogP contribution in [-0.4, -0.2) is 27.8 Å². The van der Waals surface area contributed by atoms with E-state index in [1.54, 1.807) is 0 Å². The average Bonchev–Trinajstić information content (AvgIpc) is 2.98. The topological polar surface area (TPSA) is 85.5 Å². The molecule has 1 heterocycles. The molecule has 0 aromatic carbocycles. The number of carboxylic acid groups (broad SMARTS) is 1. The maximum Gasteiger partial charge on any atom is 0.306 e. The van der Waals surface area contributed by atoms with Crippen LogP contribution in [0, 0.1) is 5.92 Å². The maximum atomic E-state index is 10.9. The van der Waals surface area contributed by atoms with Crippen LogP contribution in [0.1, 0.15) is 56.8 Å². The highest BCUT2D eigenvalue weighted by Gasteiger charge is 2.34. The molecule has 1 aromatic heterocycles. The number of nitrogens with zero attached hydrogens (tertiary/aromatic N) is 2. The summed E-state index contributed by atoms with van der Waals surface area (Å²) in [5.74, 6) is 0.127. The number of rotatable bonds is 5. The lowest BCUT2D eigenvalue weighted by molar-refractivity contribution is -0.141. The third-order valence-electron chi connectivity index (χ3n) is 3.37. The van der Waals surface area contributed by atoms with Crippen LogP contribution in [0.2, 0.25) is 0 Å². The number of aromatic nitrogens is 2. The fourth-order valence-corrected chi connectivity index (χ4v) is 2.33. The van der Waals surface area contributed by atoms with E-state index >= 15 is 0 Å². The lowest BCUT2D eigenvalue weighted by Crippen LogP contribution is -2.09. The highest BCUT2D eigenvalue weighted by Crippen LogP contribution is 2.37. The lowest BCUT2D eigenvalue weighted by Gasteiger charge is -2.05. The van der Waals surface area contributed by atoms with E-state index in [0.29, 0.717) is 31.2 Å². The van der Waals surface area contributed by atoms with E-state index in [1.165, 1.54) is 0 Å². The first kappa shape index (κ1) is 13.0. The van der Waals surface area contributed by atoms with Crippen molar-refractivity contribution in [1.29, 1.82) is 0 Å².